The van der Waals surface area contributed by atoms with E-state index in [0.717, 1.165) is 25.1 Å². The molecule has 34 heavy (non-hydrogen) atoms. The van der Waals surface area contributed by atoms with E-state index in [-0.39, 0.29) is 11.6 Å². The van der Waals surface area contributed by atoms with Crippen molar-refractivity contribution in [3.8, 4) is 17.2 Å². The lowest BCUT2D eigenvalue weighted by Crippen LogP contribution is -2.38. The van der Waals surface area contributed by atoms with Gasteiger partial charge in [-0.25, -0.2) is 4.79 Å². The summed E-state index contributed by atoms with van der Waals surface area (Å²) in [4.78, 5) is 28.9. The molecule has 1 unspecified atom stereocenters. The first-order chi connectivity index (χ1) is 16.5. The third-order valence-corrected chi connectivity index (χ3v) is 7.33. The predicted octanol–water partition coefficient (Wildman–Crippen LogP) is 2.81. The molecule has 8 heteroatoms. The molecule has 2 aromatic carbocycles. The van der Waals surface area contributed by atoms with Gasteiger partial charge >= 0.3 is 5.69 Å². The zero-order valence-corrected chi connectivity index (χ0v) is 19.8. The minimum Gasteiger partial charge on any atom is -0.494 e. The van der Waals surface area contributed by atoms with Crippen LogP contribution < -0.4 is 30.8 Å². The molecule has 2 heterocycles. The van der Waals surface area contributed by atoms with Crippen molar-refractivity contribution in [2.75, 3.05) is 27.4 Å². The van der Waals surface area contributed by atoms with Crippen LogP contribution in [0.25, 0.3) is 10.9 Å². The number of nitrogens with zero attached hydrogens (tertiary/aromatic N) is 1. The van der Waals surface area contributed by atoms with E-state index in [1.807, 2.05) is 6.92 Å². The first kappa shape index (κ1) is 22.5. The van der Waals surface area contributed by atoms with E-state index in [2.05, 4.69) is 28.5 Å². The lowest BCUT2D eigenvalue weighted by Gasteiger charge is -2.32. The van der Waals surface area contributed by atoms with Gasteiger partial charge in [-0.05, 0) is 61.9 Å². The molecule has 2 N–H and O–H groups in total. The number of aromatic nitrogens is 2. The number of fused-ring (bicyclic) bond motifs is 4. The molecule has 8 nitrogen and oxygen atoms in total. The molecule has 0 saturated carbocycles. The van der Waals surface area contributed by atoms with Gasteiger partial charge in [-0.2, -0.15) is 0 Å². The molecule has 3 atom stereocenters. The molecule has 1 aromatic heterocycles. The average Bonchev–Trinajstić information content (AvgIpc) is 3.27. The summed E-state index contributed by atoms with van der Waals surface area (Å²) < 4.78 is 17.8. The Bertz CT molecular complexity index is 1330. The van der Waals surface area contributed by atoms with Crippen molar-refractivity contribution >= 4 is 10.9 Å². The molecule has 1 aliphatic heterocycles. The Morgan fingerprint density at radius 2 is 1.88 bits per heavy atom. The number of rotatable bonds is 7. The second kappa shape index (κ2) is 9.18. The maximum absolute atomic E-state index is 13.2. The zero-order valence-electron chi connectivity index (χ0n) is 19.8. The normalized spacial score (nSPS) is 21.2. The number of H-pyrrole nitrogens is 1. The number of hydrogen-bond acceptors (Lipinski definition) is 6. The quantitative estimate of drug-likeness (QED) is 0.557. The zero-order chi connectivity index (χ0) is 23.8. The van der Waals surface area contributed by atoms with E-state index in [1.165, 1.54) is 29.9 Å². The summed E-state index contributed by atoms with van der Waals surface area (Å²) in [6, 6.07) is 9.77. The van der Waals surface area contributed by atoms with Crippen LogP contribution in [0.3, 0.4) is 0 Å². The van der Waals surface area contributed by atoms with E-state index in [4.69, 9.17) is 14.2 Å². The van der Waals surface area contributed by atoms with Crippen molar-refractivity contribution in [1.82, 2.24) is 14.9 Å². The maximum atomic E-state index is 13.2. The van der Waals surface area contributed by atoms with Gasteiger partial charge in [0.1, 0.15) is 5.75 Å². The second-order valence-corrected chi connectivity index (χ2v) is 9.02. The second-order valence-electron chi connectivity index (χ2n) is 9.02. The van der Waals surface area contributed by atoms with Crippen LogP contribution in [0.15, 0.2) is 39.9 Å². The molecule has 0 amide bonds. The third-order valence-electron chi connectivity index (χ3n) is 7.33. The van der Waals surface area contributed by atoms with Crippen molar-refractivity contribution in [3.63, 3.8) is 0 Å². The molecule has 1 fully saturated rings. The SMILES string of the molecule is CCOc1cccc2c1CC[C@H]1CNC(CCn3c(=O)[nH]c4cc(OC)c(OC)cc4c3=O)[C@@H]21. The lowest BCUT2D eigenvalue weighted by molar-refractivity contribution is 0.326. The molecular formula is C26H31N3O5. The number of nitrogens with one attached hydrogen (secondary N) is 2. The summed E-state index contributed by atoms with van der Waals surface area (Å²) in [5, 5.41) is 4.07. The molecule has 0 bridgehead atoms. The van der Waals surface area contributed by atoms with Crippen LogP contribution in [0, 0.1) is 5.92 Å². The number of hydrogen-bond donors (Lipinski definition) is 2. The minimum absolute atomic E-state index is 0.188. The van der Waals surface area contributed by atoms with Gasteiger partial charge in [-0.3, -0.25) is 9.36 Å². The highest BCUT2D eigenvalue weighted by molar-refractivity contribution is 5.81. The summed E-state index contributed by atoms with van der Waals surface area (Å²) >= 11 is 0. The molecule has 0 spiro atoms. The molecule has 180 valence electrons. The Morgan fingerprint density at radius 3 is 2.65 bits per heavy atom. The van der Waals surface area contributed by atoms with Crippen LogP contribution in [-0.4, -0.2) is 43.0 Å². The molecule has 1 aliphatic carbocycles. The summed E-state index contributed by atoms with van der Waals surface area (Å²) in [5.74, 6) is 2.80. The van der Waals surface area contributed by atoms with Crippen LogP contribution in [-0.2, 0) is 13.0 Å². The highest BCUT2D eigenvalue weighted by Gasteiger charge is 2.40. The van der Waals surface area contributed by atoms with Gasteiger partial charge in [0.05, 0.1) is 31.7 Å². The van der Waals surface area contributed by atoms with E-state index >= 15 is 0 Å². The van der Waals surface area contributed by atoms with Crippen LogP contribution in [0.1, 0.15) is 36.8 Å². The predicted molar refractivity (Wildman–Crippen MR) is 131 cm³/mol. The van der Waals surface area contributed by atoms with Crippen molar-refractivity contribution in [2.24, 2.45) is 5.92 Å². The minimum atomic E-state index is -0.415. The van der Waals surface area contributed by atoms with Crippen LogP contribution >= 0.6 is 0 Å². The van der Waals surface area contributed by atoms with Crippen LogP contribution in [0.5, 0.6) is 17.2 Å². The molecular weight excluding hydrogens is 434 g/mol. The van der Waals surface area contributed by atoms with E-state index in [0.29, 0.717) is 53.8 Å². The third kappa shape index (κ3) is 3.76. The first-order valence-corrected chi connectivity index (χ1v) is 11.9. The topological polar surface area (TPSA) is 94.6 Å². The van der Waals surface area contributed by atoms with Gasteiger partial charge in [-0.1, -0.05) is 12.1 Å². The fourth-order valence-corrected chi connectivity index (χ4v) is 5.75. The Balaban J connectivity index is 1.44. The first-order valence-electron chi connectivity index (χ1n) is 11.9. The van der Waals surface area contributed by atoms with Gasteiger partial charge in [0.25, 0.3) is 5.56 Å². The summed E-state index contributed by atoms with van der Waals surface area (Å²) in [6.45, 7) is 3.94. The number of ether oxygens (including phenoxy) is 3. The van der Waals surface area contributed by atoms with Crippen molar-refractivity contribution in [3.05, 3.63) is 62.3 Å². The van der Waals surface area contributed by atoms with E-state index < -0.39 is 5.69 Å². The fraction of sp³-hybridized carbons (Fsp3) is 0.462. The standard InChI is InChI=1S/C26H31N3O5/c1-4-34-21-7-5-6-17-16(21)9-8-15-14-27-19(24(15)17)10-11-29-25(30)18-12-22(32-2)23(33-3)13-20(18)28-26(29)31/h5-7,12-13,15,19,24,27H,4,8-11,14H2,1-3H3,(H,28,31)/t15-,19?,24+/m0/s1. The van der Waals surface area contributed by atoms with E-state index in [1.54, 1.807) is 12.1 Å². The monoisotopic (exact) mass is 465 g/mol. The fourth-order valence-electron chi connectivity index (χ4n) is 5.75. The van der Waals surface area contributed by atoms with Gasteiger partial charge in [0, 0.05) is 24.6 Å². The Labute approximate surface area is 197 Å². The highest BCUT2D eigenvalue weighted by Crippen LogP contribution is 2.45. The highest BCUT2D eigenvalue weighted by atomic mass is 16.5. The van der Waals surface area contributed by atoms with Gasteiger partial charge in [0.2, 0.25) is 0 Å². The maximum Gasteiger partial charge on any atom is 0.328 e. The van der Waals surface area contributed by atoms with Crippen LogP contribution in [0.4, 0.5) is 0 Å². The molecule has 0 radical (unpaired) electrons. The number of methoxy groups -OCH3 is 2. The van der Waals surface area contributed by atoms with Gasteiger partial charge in [-0.15, -0.1) is 0 Å². The molecule has 1 saturated heterocycles. The number of aromatic amines is 1. The van der Waals surface area contributed by atoms with Crippen molar-refractivity contribution in [2.45, 2.75) is 44.7 Å². The van der Waals surface area contributed by atoms with Crippen molar-refractivity contribution in [1.29, 1.82) is 0 Å². The average molecular weight is 466 g/mol. The van der Waals surface area contributed by atoms with Gasteiger partial charge < -0.3 is 24.5 Å². The Hall–Kier alpha value is -3.26. The van der Waals surface area contributed by atoms with E-state index in [9.17, 15) is 9.59 Å². The number of benzene rings is 2. The molecule has 2 aliphatic rings. The lowest BCUT2D eigenvalue weighted by atomic mass is 9.73. The summed E-state index contributed by atoms with van der Waals surface area (Å²) in [7, 11) is 3.04. The smallest absolute Gasteiger partial charge is 0.328 e. The summed E-state index contributed by atoms with van der Waals surface area (Å²) in [6.07, 6.45) is 2.82. The molecule has 5 rings (SSSR count). The molecule has 3 aromatic rings. The largest absolute Gasteiger partial charge is 0.494 e. The Kier molecular flexibility index (Phi) is 6.08. The van der Waals surface area contributed by atoms with Gasteiger partial charge in [0.15, 0.2) is 11.5 Å². The summed E-state index contributed by atoms with van der Waals surface area (Å²) in [5.41, 5.74) is 2.35. The van der Waals surface area contributed by atoms with Crippen molar-refractivity contribution < 1.29 is 14.2 Å². The Morgan fingerprint density at radius 1 is 1.09 bits per heavy atom. The van der Waals surface area contributed by atoms with Crippen LogP contribution in [0.2, 0.25) is 0 Å².